The van der Waals surface area contributed by atoms with E-state index in [2.05, 4.69) is 24.5 Å². The SMILES string of the molecule is CC1(C)CC1CNC(=O)CCC1CCCCN1. The van der Waals surface area contributed by atoms with Crippen LogP contribution in [0.3, 0.4) is 0 Å². The van der Waals surface area contributed by atoms with Crippen molar-refractivity contribution in [3.63, 3.8) is 0 Å². The molecule has 2 rings (SSSR count). The van der Waals surface area contributed by atoms with E-state index in [9.17, 15) is 4.79 Å². The van der Waals surface area contributed by atoms with E-state index in [0.29, 0.717) is 23.8 Å². The van der Waals surface area contributed by atoms with Gasteiger partial charge in [-0.25, -0.2) is 0 Å². The Morgan fingerprint density at radius 1 is 1.41 bits per heavy atom. The van der Waals surface area contributed by atoms with Crippen LogP contribution in [0.15, 0.2) is 0 Å². The molecule has 0 aromatic carbocycles. The molecule has 1 heterocycles. The highest BCUT2D eigenvalue weighted by Crippen LogP contribution is 2.50. The Hall–Kier alpha value is -0.570. The van der Waals surface area contributed by atoms with Gasteiger partial charge >= 0.3 is 0 Å². The van der Waals surface area contributed by atoms with Crippen LogP contribution in [-0.4, -0.2) is 25.0 Å². The molecule has 1 saturated carbocycles. The second kappa shape index (κ2) is 5.38. The molecular weight excluding hydrogens is 212 g/mol. The fourth-order valence-corrected chi connectivity index (χ4v) is 2.73. The molecule has 0 bridgehead atoms. The van der Waals surface area contributed by atoms with E-state index in [1.165, 1.54) is 25.7 Å². The minimum atomic E-state index is 0.236. The molecule has 17 heavy (non-hydrogen) atoms. The van der Waals surface area contributed by atoms with Gasteiger partial charge in [0.1, 0.15) is 0 Å². The summed E-state index contributed by atoms with van der Waals surface area (Å²) >= 11 is 0. The Morgan fingerprint density at radius 2 is 2.18 bits per heavy atom. The van der Waals surface area contributed by atoms with Gasteiger partial charge in [-0.1, -0.05) is 20.3 Å². The molecule has 1 aliphatic heterocycles. The van der Waals surface area contributed by atoms with Gasteiger partial charge in [0.05, 0.1) is 0 Å². The smallest absolute Gasteiger partial charge is 0.220 e. The van der Waals surface area contributed by atoms with E-state index < -0.39 is 0 Å². The van der Waals surface area contributed by atoms with Crippen molar-refractivity contribution in [3.05, 3.63) is 0 Å². The summed E-state index contributed by atoms with van der Waals surface area (Å²) in [5, 5.41) is 6.56. The molecule has 1 saturated heterocycles. The Labute approximate surface area is 105 Å². The van der Waals surface area contributed by atoms with Crippen molar-refractivity contribution in [2.24, 2.45) is 11.3 Å². The van der Waals surface area contributed by atoms with Crippen molar-refractivity contribution in [1.29, 1.82) is 0 Å². The van der Waals surface area contributed by atoms with E-state index >= 15 is 0 Å². The van der Waals surface area contributed by atoms with Gasteiger partial charge in [-0.15, -0.1) is 0 Å². The molecule has 1 aliphatic carbocycles. The Morgan fingerprint density at radius 3 is 2.76 bits per heavy atom. The maximum atomic E-state index is 11.7. The zero-order chi connectivity index (χ0) is 12.3. The third kappa shape index (κ3) is 3.98. The van der Waals surface area contributed by atoms with Gasteiger partial charge < -0.3 is 10.6 Å². The largest absolute Gasteiger partial charge is 0.356 e. The number of nitrogens with one attached hydrogen (secondary N) is 2. The van der Waals surface area contributed by atoms with Crippen molar-refractivity contribution >= 4 is 5.91 Å². The lowest BCUT2D eigenvalue weighted by Gasteiger charge is -2.23. The zero-order valence-electron chi connectivity index (χ0n) is 11.2. The molecular formula is C14H26N2O. The van der Waals surface area contributed by atoms with Gasteiger partial charge in [0.25, 0.3) is 0 Å². The monoisotopic (exact) mass is 238 g/mol. The first-order chi connectivity index (χ1) is 8.08. The minimum Gasteiger partial charge on any atom is -0.356 e. The normalized spacial score (nSPS) is 30.9. The Kier molecular flexibility index (Phi) is 4.08. The number of piperidine rings is 1. The highest BCUT2D eigenvalue weighted by Gasteiger charge is 2.45. The van der Waals surface area contributed by atoms with Crippen LogP contribution in [0.5, 0.6) is 0 Å². The van der Waals surface area contributed by atoms with E-state index in [1.807, 2.05) is 0 Å². The van der Waals surface area contributed by atoms with Crippen LogP contribution in [0.2, 0.25) is 0 Å². The number of rotatable bonds is 5. The lowest BCUT2D eigenvalue weighted by Crippen LogP contribution is -2.35. The molecule has 2 aliphatic rings. The fraction of sp³-hybridized carbons (Fsp3) is 0.929. The third-order valence-corrected chi connectivity index (χ3v) is 4.40. The standard InChI is InChI=1S/C14H26N2O/c1-14(2)9-11(14)10-16-13(17)7-6-12-5-3-4-8-15-12/h11-12,15H,3-10H2,1-2H3,(H,16,17). The molecule has 2 atom stereocenters. The van der Waals surface area contributed by atoms with E-state index in [4.69, 9.17) is 0 Å². The summed E-state index contributed by atoms with van der Waals surface area (Å²) < 4.78 is 0. The number of amides is 1. The average molecular weight is 238 g/mol. The summed E-state index contributed by atoms with van der Waals surface area (Å²) in [7, 11) is 0. The van der Waals surface area contributed by atoms with Crippen molar-refractivity contribution in [2.75, 3.05) is 13.1 Å². The summed E-state index contributed by atoms with van der Waals surface area (Å²) in [6.45, 7) is 6.55. The Bertz CT molecular complexity index is 269. The summed E-state index contributed by atoms with van der Waals surface area (Å²) in [5.41, 5.74) is 0.470. The molecule has 3 heteroatoms. The summed E-state index contributed by atoms with van der Waals surface area (Å²) in [6, 6.07) is 0.576. The minimum absolute atomic E-state index is 0.236. The quantitative estimate of drug-likeness (QED) is 0.770. The van der Waals surface area contributed by atoms with Crippen LogP contribution in [0.4, 0.5) is 0 Å². The highest BCUT2D eigenvalue weighted by molar-refractivity contribution is 5.75. The van der Waals surface area contributed by atoms with Crippen LogP contribution in [-0.2, 0) is 4.79 Å². The van der Waals surface area contributed by atoms with Crippen LogP contribution >= 0.6 is 0 Å². The van der Waals surface area contributed by atoms with Gasteiger partial charge in [0, 0.05) is 19.0 Å². The number of carbonyl (C=O) groups is 1. The molecule has 0 aromatic heterocycles. The number of carbonyl (C=O) groups excluding carboxylic acids is 1. The van der Waals surface area contributed by atoms with Crippen LogP contribution in [0, 0.1) is 11.3 Å². The van der Waals surface area contributed by atoms with Crippen molar-refractivity contribution < 1.29 is 4.79 Å². The predicted molar refractivity (Wildman–Crippen MR) is 69.8 cm³/mol. The van der Waals surface area contributed by atoms with Gasteiger partial charge in [0.2, 0.25) is 5.91 Å². The van der Waals surface area contributed by atoms with Gasteiger partial charge in [0.15, 0.2) is 0 Å². The summed E-state index contributed by atoms with van der Waals surface area (Å²) in [5.74, 6) is 0.944. The fourth-order valence-electron chi connectivity index (χ4n) is 2.73. The molecule has 0 spiro atoms. The molecule has 3 nitrogen and oxygen atoms in total. The highest BCUT2D eigenvalue weighted by atomic mass is 16.1. The summed E-state index contributed by atoms with van der Waals surface area (Å²) in [6.07, 6.45) is 6.79. The zero-order valence-corrected chi connectivity index (χ0v) is 11.2. The summed E-state index contributed by atoms with van der Waals surface area (Å²) in [4.78, 5) is 11.7. The first-order valence-electron chi connectivity index (χ1n) is 7.08. The van der Waals surface area contributed by atoms with E-state index in [-0.39, 0.29) is 5.91 Å². The Balaban J connectivity index is 1.54. The number of hydrogen-bond acceptors (Lipinski definition) is 2. The molecule has 2 fully saturated rings. The van der Waals surface area contributed by atoms with Gasteiger partial charge in [-0.3, -0.25) is 4.79 Å². The topological polar surface area (TPSA) is 41.1 Å². The molecule has 2 N–H and O–H groups in total. The lowest BCUT2D eigenvalue weighted by molar-refractivity contribution is -0.121. The first kappa shape index (κ1) is 12.9. The van der Waals surface area contributed by atoms with Crippen molar-refractivity contribution in [1.82, 2.24) is 10.6 Å². The van der Waals surface area contributed by atoms with Gasteiger partial charge in [-0.05, 0) is 43.6 Å². The molecule has 98 valence electrons. The first-order valence-corrected chi connectivity index (χ1v) is 7.08. The van der Waals surface area contributed by atoms with Crippen LogP contribution in [0.1, 0.15) is 52.4 Å². The van der Waals surface area contributed by atoms with Crippen LogP contribution in [0.25, 0.3) is 0 Å². The molecule has 0 aromatic rings. The van der Waals surface area contributed by atoms with Gasteiger partial charge in [-0.2, -0.15) is 0 Å². The van der Waals surface area contributed by atoms with Crippen molar-refractivity contribution in [3.8, 4) is 0 Å². The molecule has 0 radical (unpaired) electrons. The third-order valence-electron chi connectivity index (χ3n) is 4.40. The molecule has 1 amide bonds. The molecule has 2 unspecified atom stereocenters. The second-order valence-electron chi connectivity index (χ2n) is 6.38. The second-order valence-corrected chi connectivity index (χ2v) is 6.38. The lowest BCUT2D eigenvalue weighted by atomic mass is 10.0. The number of hydrogen-bond donors (Lipinski definition) is 2. The van der Waals surface area contributed by atoms with Crippen molar-refractivity contribution in [2.45, 2.75) is 58.4 Å². The van der Waals surface area contributed by atoms with E-state index in [1.54, 1.807) is 0 Å². The van der Waals surface area contributed by atoms with E-state index in [0.717, 1.165) is 19.5 Å². The van der Waals surface area contributed by atoms with Crippen LogP contribution < -0.4 is 10.6 Å². The average Bonchev–Trinajstić information content (AvgIpc) is 2.93. The maximum Gasteiger partial charge on any atom is 0.220 e. The predicted octanol–water partition coefficient (Wildman–Crippen LogP) is 2.07. The maximum absolute atomic E-state index is 11.7.